The molecule has 5 heterocycles. The van der Waals surface area contributed by atoms with Crippen LogP contribution >= 0.6 is 0 Å². The number of nitrogens with zero attached hydrogens (tertiary/aromatic N) is 7. The Kier molecular flexibility index (Phi) is 5.31. The van der Waals surface area contributed by atoms with Crippen molar-refractivity contribution in [2.24, 2.45) is 0 Å². The second-order valence-corrected chi connectivity index (χ2v) is 9.73. The van der Waals surface area contributed by atoms with E-state index in [1.54, 1.807) is 24.8 Å². The van der Waals surface area contributed by atoms with Crippen molar-refractivity contribution in [3.8, 4) is 45.3 Å². The van der Waals surface area contributed by atoms with E-state index in [2.05, 4.69) is 75.0 Å². The van der Waals surface area contributed by atoms with Crippen LogP contribution < -0.4 is 0 Å². The zero-order valence-electron chi connectivity index (χ0n) is 21.8. The van der Waals surface area contributed by atoms with Gasteiger partial charge in [0.25, 0.3) is 0 Å². The first-order valence-electron chi connectivity index (χ1n) is 13.3. The van der Waals surface area contributed by atoms with E-state index in [-0.39, 0.29) is 0 Å². The lowest BCUT2D eigenvalue weighted by atomic mass is 10.0. The lowest BCUT2D eigenvalue weighted by Gasteiger charge is -2.09. The van der Waals surface area contributed by atoms with E-state index < -0.39 is 0 Å². The molecule has 0 unspecified atom stereocenters. The molecule has 0 bridgehead atoms. The molecule has 8 aromatic rings. The van der Waals surface area contributed by atoms with Gasteiger partial charge >= 0.3 is 0 Å². The molecule has 5 aromatic heterocycles. The van der Waals surface area contributed by atoms with Crippen molar-refractivity contribution in [3.63, 3.8) is 0 Å². The summed E-state index contributed by atoms with van der Waals surface area (Å²) in [4.78, 5) is 27.7. The maximum atomic E-state index is 4.83. The highest BCUT2D eigenvalue weighted by Gasteiger charge is 2.17. The Morgan fingerprint density at radius 1 is 0.439 bits per heavy atom. The van der Waals surface area contributed by atoms with Crippen LogP contribution in [0.2, 0.25) is 0 Å². The molecule has 0 fully saturated rings. The van der Waals surface area contributed by atoms with Crippen LogP contribution in [0.3, 0.4) is 0 Å². The van der Waals surface area contributed by atoms with Gasteiger partial charge in [-0.25, -0.2) is 15.0 Å². The van der Waals surface area contributed by atoms with Gasteiger partial charge in [0.1, 0.15) is 0 Å². The van der Waals surface area contributed by atoms with Gasteiger partial charge in [-0.05, 0) is 48.0 Å². The number of hydrogen-bond acceptors (Lipinski definition) is 6. The lowest BCUT2D eigenvalue weighted by molar-refractivity contribution is 1.07. The van der Waals surface area contributed by atoms with Crippen LogP contribution in [-0.2, 0) is 0 Å². The van der Waals surface area contributed by atoms with Crippen molar-refractivity contribution >= 4 is 27.5 Å². The quantitative estimate of drug-likeness (QED) is 0.239. The third kappa shape index (κ3) is 3.91. The molecule has 0 aliphatic rings. The summed E-state index contributed by atoms with van der Waals surface area (Å²) in [5.41, 5.74) is 9.05. The van der Waals surface area contributed by atoms with Gasteiger partial charge in [0, 0.05) is 52.4 Å². The molecule has 0 aliphatic heterocycles. The summed E-state index contributed by atoms with van der Waals surface area (Å²) in [5.74, 6) is 1.71. The Labute approximate surface area is 234 Å². The second kappa shape index (κ2) is 9.43. The maximum Gasteiger partial charge on any atom is 0.165 e. The standard InChI is InChI=1S/C34H21N7/c1-3-11-28-26(9-1)31(30-21-37-27-10-2-4-12-29(27)41(28)30)22-13-15-23(16-14-22)32-38-33(24-7-5-17-35-19-24)40-34(39-32)25-8-6-18-36-20-25/h1-21H. The van der Waals surface area contributed by atoms with Gasteiger partial charge in [-0.2, -0.15) is 0 Å². The summed E-state index contributed by atoms with van der Waals surface area (Å²) >= 11 is 0. The highest BCUT2D eigenvalue weighted by molar-refractivity contribution is 6.07. The maximum absolute atomic E-state index is 4.83. The predicted octanol–water partition coefficient (Wildman–Crippen LogP) is 7.28. The molecular formula is C34H21N7. The first-order valence-corrected chi connectivity index (χ1v) is 13.3. The van der Waals surface area contributed by atoms with E-state index in [0.717, 1.165) is 49.9 Å². The minimum atomic E-state index is 0.563. The fraction of sp³-hybridized carbons (Fsp3) is 0. The SMILES string of the molecule is c1cncc(-c2nc(-c3ccc(-c4c5ccccc5n5c4cnc4ccccc45)cc3)nc(-c3cccnc3)n2)c1. The number of pyridine rings is 2. The van der Waals surface area contributed by atoms with Gasteiger partial charge < -0.3 is 4.40 Å². The third-order valence-electron chi connectivity index (χ3n) is 7.27. The van der Waals surface area contributed by atoms with Crippen molar-refractivity contribution in [2.75, 3.05) is 0 Å². The summed E-state index contributed by atoms with van der Waals surface area (Å²) < 4.78 is 2.30. The molecular weight excluding hydrogens is 506 g/mol. The number of benzene rings is 3. The highest BCUT2D eigenvalue weighted by atomic mass is 15.0. The van der Waals surface area contributed by atoms with Gasteiger partial charge in [-0.1, -0.05) is 54.6 Å². The van der Waals surface area contributed by atoms with E-state index in [1.165, 1.54) is 5.39 Å². The zero-order valence-corrected chi connectivity index (χ0v) is 21.8. The highest BCUT2D eigenvalue weighted by Crippen LogP contribution is 2.37. The van der Waals surface area contributed by atoms with E-state index in [9.17, 15) is 0 Å². The minimum Gasteiger partial charge on any atom is -0.306 e. The molecule has 0 N–H and O–H groups in total. The average Bonchev–Trinajstić information content (AvgIpc) is 3.40. The molecule has 8 rings (SSSR count). The van der Waals surface area contributed by atoms with Crippen LogP contribution in [0.25, 0.3) is 72.7 Å². The molecule has 0 amide bonds. The molecule has 41 heavy (non-hydrogen) atoms. The molecule has 0 spiro atoms. The molecule has 192 valence electrons. The summed E-state index contributed by atoms with van der Waals surface area (Å²) in [6.07, 6.45) is 8.96. The number of fused-ring (bicyclic) bond motifs is 5. The normalized spacial score (nSPS) is 11.4. The molecule has 0 atom stereocenters. The molecule has 3 aromatic carbocycles. The third-order valence-corrected chi connectivity index (χ3v) is 7.27. The lowest BCUT2D eigenvalue weighted by Crippen LogP contribution is -2.00. The van der Waals surface area contributed by atoms with Crippen molar-refractivity contribution in [2.45, 2.75) is 0 Å². The molecule has 7 heteroatoms. The van der Waals surface area contributed by atoms with Gasteiger partial charge in [0.05, 0.1) is 28.3 Å². The summed E-state index contributed by atoms with van der Waals surface area (Å²) in [5, 5.41) is 1.18. The monoisotopic (exact) mass is 527 g/mol. The van der Waals surface area contributed by atoms with Crippen LogP contribution in [0.4, 0.5) is 0 Å². The molecule has 0 saturated heterocycles. The topological polar surface area (TPSA) is 81.8 Å². The van der Waals surface area contributed by atoms with E-state index in [4.69, 9.17) is 19.9 Å². The molecule has 0 aliphatic carbocycles. The van der Waals surface area contributed by atoms with Gasteiger partial charge in [0.2, 0.25) is 0 Å². The molecule has 0 saturated carbocycles. The van der Waals surface area contributed by atoms with Crippen LogP contribution in [0.5, 0.6) is 0 Å². The predicted molar refractivity (Wildman–Crippen MR) is 161 cm³/mol. The van der Waals surface area contributed by atoms with Crippen LogP contribution in [-0.4, -0.2) is 34.3 Å². The number of hydrogen-bond donors (Lipinski definition) is 0. The van der Waals surface area contributed by atoms with Gasteiger partial charge in [-0.3, -0.25) is 15.0 Å². The number of rotatable bonds is 4. The Morgan fingerprint density at radius 2 is 1.02 bits per heavy atom. The summed E-state index contributed by atoms with van der Waals surface area (Å²) in [6.45, 7) is 0. The second-order valence-electron chi connectivity index (χ2n) is 9.73. The Bertz CT molecular complexity index is 2130. The molecule has 7 nitrogen and oxygen atoms in total. The Morgan fingerprint density at radius 3 is 1.68 bits per heavy atom. The molecule has 0 radical (unpaired) electrons. The summed E-state index contributed by atoms with van der Waals surface area (Å²) in [6, 6.07) is 32.8. The zero-order chi connectivity index (χ0) is 27.2. The average molecular weight is 528 g/mol. The van der Waals surface area contributed by atoms with E-state index in [0.29, 0.717) is 17.5 Å². The van der Waals surface area contributed by atoms with Crippen molar-refractivity contribution in [3.05, 3.63) is 128 Å². The number of para-hydroxylation sites is 3. The van der Waals surface area contributed by atoms with Gasteiger partial charge in [-0.15, -0.1) is 0 Å². The van der Waals surface area contributed by atoms with Crippen molar-refractivity contribution < 1.29 is 0 Å². The van der Waals surface area contributed by atoms with Gasteiger partial charge in [0.15, 0.2) is 17.5 Å². The minimum absolute atomic E-state index is 0.563. The van der Waals surface area contributed by atoms with E-state index in [1.807, 2.05) is 42.6 Å². The summed E-state index contributed by atoms with van der Waals surface area (Å²) in [7, 11) is 0. The fourth-order valence-electron chi connectivity index (χ4n) is 5.38. The fourth-order valence-corrected chi connectivity index (χ4v) is 5.38. The van der Waals surface area contributed by atoms with E-state index >= 15 is 0 Å². The Hall–Kier alpha value is -5.82. The first kappa shape index (κ1) is 23.1. The number of aromatic nitrogens is 7. The smallest absolute Gasteiger partial charge is 0.165 e. The largest absolute Gasteiger partial charge is 0.306 e. The van der Waals surface area contributed by atoms with Crippen LogP contribution in [0, 0.1) is 0 Å². The Balaban J connectivity index is 1.29. The first-order chi connectivity index (χ1) is 20.3. The van der Waals surface area contributed by atoms with Crippen molar-refractivity contribution in [1.29, 1.82) is 0 Å². The van der Waals surface area contributed by atoms with Crippen LogP contribution in [0.1, 0.15) is 0 Å². The van der Waals surface area contributed by atoms with Crippen molar-refractivity contribution in [1.82, 2.24) is 34.3 Å². The van der Waals surface area contributed by atoms with Crippen LogP contribution in [0.15, 0.2) is 128 Å².